The van der Waals surface area contributed by atoms with Crippen molar-refractivity contribution in [3.8, 4) is 0 Å². The lowest BCUT2D eigenvalue weighted by molar-refractivity contribution is 0.617. The summed E-state index contributed by atoms with van der Waals surface area (Å²) in [7, 11) is 0. The molecule has 1 aromatic carbocycles. The number of benzene rings is 1. The molecule has 6 heteroatoms. The summed E-state index contributed by atoms with van der Waals surface area (Å²) in [5.74, 6) is -0.229. The van der Waals surface area contributed by atoms with E-state index in [0.29, 0.717) is 5.69 Å². The lowest BCUT2D eigenvalue weighted by atomic mass is 10.0. The molecule has 1 fully saturated rings. The molecule has 0 amide bonds. The number of aromatic nitrogens is 2. The quantitative estimate of drug-likeness (QED) is 0.948. The number of aromatic amines is 1. The first-order chi connectivity index (χ1) is 10.1. The molecule has 0 aliphatic carbocycles. The van der Waals surface area contributed by atoms with Crippen LogP contribution in [0.15, 0.2) is 35.3 Å². The van der Waals surface area contributed by atoms with Crippen molar-refractivity contribution in [2.45, 2.75) is 25.3 Å². The van der Waals surface area contributed by atoms with Crippen LogP contribution in [0.4, 0.5) is 10.1 Å². The highest BCUT2D eigenvalue weighted by Crippen LogP contribution is 2.30. The Balaban J connectivity index is 1.86. The Kier molecular flexibility index (Phi) is 3.92. The molecule has 1 aliphatic rings. The van der Waals surface area contributed by atoms with E-state index >= 15 is 0 Å². The van der Waals surface area contributed by atoms with Crippen molar-refractivity contribution >= 4 is 17.3 Å². The van der Waals surface area contributed by atoms with Gasteiger partial charge in [0.1, 0.15) is 10.8 Å². The van der Waals surface area contributed by atoms with E-state index in [9.17, 15) is 9.18 Å². The Labute approximate surface area is 126 Å². The SMILES string of the molecule is O=c1[nH]ncc(N2CCC[C@H]2Cc2cccc(F)c2)c1Cl. The van der Waals surface area contributed by atoms with Crippen molar-refractivity contribution in [3.05, 3.63) is 57.2 Å². The molecule has 21 heavy (non-hydrogen) atoms. The summed E-state index contributed by atoms with van der Waals surface area (Å²) in [5.41, 5.74) is 1.21. The van der Waals surface area contributed by atoms with Crippen LogP contribution in [-0.4, -0.2) is 22.8 Å². The normalized spacial score (nSPS) is 18.2. The zero-order valence-corrected chi connectivity index (χ0v) is 12.1. The van der Waals surface area contributed by atoms with Gasteiger partial charge in [0.25, 0.3) is 5.56 Å². The third-order valence-corrected chi connectivity index (χ3v) is 4.19. The molecule has 4 nitrogen and oxygen atoms in total. The second kappa shape index (κ2) is 5.85. The second-order valence-electron chi connectivity index (χ2n) is 5.22. The van der Waals surface area contributed by atoms with Crippen molar-refractivity contribution in [3.63, 3.8) is 0 Å². The fourth-order valence-corrected chi connectivity index (χ4v) is 3.08. The van der Waals surface area contributed by atoms with Crippen LogP contribution in [0.5, 0.6) is 0 Å². The van der Waals surface area contributed by atoms with E-state index < -0.39 is 0 Å². The molecule has 1 saturated heterocycles. The molecule has 3 rings (SSSR count). The zero-order chi connectivity index (χ0) is 14.8. The van der Waals surface area contributed by atoms with Gasteiger partial charge in [0.15, 0.2) is 0 Å². The van der Waals surface area contributed by atoms with E-state index in [0.717, 1.165) is 31.4 Å². The number of rotatable bonds is 3. The molecule has 0 unspecified atom stereocenters. The minimum atomic E-state index is -0.384. The van der Waals surface area contributed by atoms with Crippen molar-refractivity contribution in [1.29, 1.82) is 0 Å². The smallest absolute Gasteiger partial charge is 0.285 e. The van der Waals surface area contributed by atoms with Crippen molar-refractivity contribution < 1.29 is 4.39 Å². The summed E-state index contributed by atoms with van der Waals surface area (Å²) in [6, 6.07) is 6.82. The number of halogens is 2. The number of hydrogen-bond acceptors (Lipinski definition) is 3. The average Bonchev–Trinajstić information content (AvgIpc) is 2.90. The van der Waals surface area contributed by atoms with Gasteiger partial charge in [-0.25, -0.2) is 9.49 Å². The van der Waals surface area contributed by atoms with Crippen molar-refractivity contribution in [2.75, 3.05) is 11.4 Å². The average molecular weight is 308 g/mol. The molecule has 0 radical (unpaired) electrons. The zero-order valence-electron chi connectivity index (χ0n) is 11.4. The molecule has 0 saturated carbocycles. The Hall–Kier alpha value is -1.88. The molecule has 0 bridgehead atoms. The summed E-state index contributed by atoms with van der Waals surface area (Å²) in [6.07, 6.45) is 4.30. The minimum Gasteiger partial charge on any atom is -0.366 e. The number of nitrogens with zero attached hydrogens (tertiary/aromatic N) is 2. The highest BCUT2D eigenvalue weighted by molar-refractivity contribution is 6.33. The van der Waals surface area contributed by atoms with E-state index in [1.807, 2.05) is 6.07 Å². The van der Waals surface area contributed by atoms with Crippen LogP contribution in [0.1, 0.15) is 18.4 Å². The molecule has 1 aromatic heterocycles. The molecule has 2 heterocycles. The van der Waals surface area contributed by atoms with Gasteiger partial charge in [-0.15, -0.1) is 0 Å². The Morgan fingerprint density at radius 3 is 3.14 bits per heavy atom. The Morgan fingerprint density at radius 2 is 2.33 bits per heavy atom. The predicted octanol–water partition coefficient (Wildman–Crippen LogP) is 2.77. The summed E-state index contributed by atoms with van der Waals surface area (Å²) in [6.45, 7) is 0.824. The van der Waals surface area contributed by atoms with Crippen LogP contribution in [0.25, 0.3) is 0 Å². The van der Waals surface area contributed by atoms with Crippen LogP contribution < -0.4 is 10.5 Å². The van der Waals surface area contributed by atoms with E-state index in [1.165, 1.54) is 6.07 Å². The van der Waals surface area contributed by atoms with Crippen LogP contribution in [0.3, 0.4) is 0 Å². The van der Waals surface area contributed by atoms with Crippen LogP contribution in [-0.2, 0) is 6.42 Å². The van der Waals surface area contributed by atoms with Crippen LogP contribution in [0, 0.1) is 5.82 Å². The molecular formula is C15H15ClFN3O. The fraction of sp³-hybridized carbons (Fsp3) is 0.333. The van der Waals surface area contributed by atoms with E-state index in [-0.39, 0.29) is 22.4 Å². The summed E-state index contributed by atoms with van der Waals surface area (Å²) >= 11 is 6.08. The van der Waals surface area contributed by atoms with Crippen molar-refractivity contribution in [2.24, 2.45) is 0 Å². The predicted molar refractivity (Wildman–Crippen MR) is 80.3 cm³/mol. The maximum absolute atomic E-state index is 13.3. The van der Waals surface area contributed by atoms with E-state index in [1.54, 1.807) is 18.3 Å². The Morgan fingerprint density at radius 1 is 1.48 bits per heavy atom. The summed E-state index contributed by atoms with van der Waals surface area (Å²) < 4.78 is 13.3. The number of hydrogen-bond donors (Lipinski definition) is 1. The maximum Gasteiger partial charge on any atom is 0.285 e. The molecule has 0 spiro atoms. The molecule has 1 atom stereocenters. The second-order valence-corrected chi connectivity index (χ2v) is 5.60. The molecule has 1 N–H and O–H groups in total. The Bertz CT molecular complexity index is 703. The largest absolute Gasteiger partial charge is 0.366 e. The highest BCUT2D eigenvalue weighted by atomic mass is 35.5. The fourth-order valence-electron chi connectivity index (χ4n) is 2.88. The van der Waals surface area contributed by atoms with E-state index in [4.69, 9.17) is 11.6 Å². The van der Waals surface area contributed by atoms with Gasteiger partial charge in [-0.3, -0.25) is 4.79 Å². The molecule has 1 aliphatic heterocycles. The van der Waals surface area contributed by atoms with Crippen molar-refractivity contribution in [1.82, 2.24) is 10.2 Å². The van der Waals surface area contributed by atoms with Crippen LogP contribution >= 0.6 is 11.6 Å². The van der Waals surface area contributed by atoms with E-state index in [2.05, 4.69) is 15.1 Å². The minimum absolute atomic E-state index is 0.163. The third-order valence-electron chi connectivity index (χ3n) is 3.82. The highest BCUT2D eigenvalue weighted by Gasteiger charge is 2.27. The van der Waals surface area contributed by atoms with Gasteiger partial charge < -0.3 is 4.90 Å². The topological polar surface area (TPSA) is 49.0 Å². The number of anilines is 1. The summed E-state index contributed by atoms with van der Waals surface area (Å²) in [4.78, 5) is 13.7. The van der Waals surface area contributed by atoms with Gasteiger partial charge >= 0.3 is 0 Å². The maximum atomic E-state index is 13.3. The van der Waals surface area contributed by atoms with Gasteiger partial charge in [-0.05, 0) is 37.0 Å². The first-order valence-electron chi connectivity index (χ1n) is 6.89. The summed E-state index contributed by atoms with van der Waals surface area (Å²) in [5, 5.41) is 6.31. The van der Waals surface area contributed by atoms with Gasteiger partial charge in [0.2, 0.25) is 0 Å². The number of nitrogens with one attached hydrogen (secondary N) is 1. The standard InChI is InChI=1S/C15H15ClFN3O/c16-14-13(9-18-19-15(14)21)20-6-2-5-12(20)8-10-3-1-4-11(17)7-10/h1,3-4,7,9,12H,2,5-6,8H2,(H,19,21)/t12-/m0/s1. The van der Waals surface area contributed by atoms with Gasteiger partial charge in [0.05, 0.1) is 11.9 Å². The molecule has 110 valence electrons. The monoisotopic (exact) mass is 307 g/mol. The van der Waals surface area contributed by atoms with Gasteiger partial charge in [0, 0.05) is 12.6 Å². The molecule has 2 aromatic rings. The first-order valence-corrected chi connectivity index (χ1v) is 7.27. The van der Waals surface area contributed by atoms with Gasteiger partial charge in [-0.1, -0.05) is 23.7 Å². The lowest BCUT2D eigenvalue weighted by Crippen LogP contribution is -2.32. The van der Waals surface area contributed by atoms with Gasteiger partial charge in [-0.2, -0.15) is 5.10 Å². The lowest BCUT2D eigenvalue weighted by Gasteiger charge is -2.27. The molecular weight excluding hydrogens is 293 g/mol. The van der Waals surface area contributed by atoms with Crippen LogP contribution in [0.2, 0.25) is 5.02 Å². The number of H-pyrrole nitrogens is 1. The third kappa shape index (κ3) is 2.93. The first kappa shape index (κ1) is 14.1.